The Balaban J connectivity index is 2.16. The van der Waals surface area contributed by atoms with Crippen LogP contribution in [0.2, 0.25) is 0 Å². The van der Waals surface area contributed by atoms with E-state index in [0.29, 0.717) is 23.3 Å². The van der Waals surface area contributed by atoms with E-state index in [4.69, 9.17) is 4.42 Å². The zero-order chi connectivity index (χ0) is 19.4. The molecule has 0 bridgehead atoms. The van der Waals surface area contributed by atoms with Gasteiger partial charge in [0.2, 0.25) is 0 Å². The normalized spacial score (nSPS) is 11.4. The lowest BCUT2D eigenvalue weighted by Crippen LogP contribution is -2.25. The number of aromatic hydroxyl groups is 1. The van der Waals surface area contributed by atoms with Gasteiger partial charge in [-0.1, -0.05) is 44.2 Å². The van der Waals surface area contributed by atoms with Gasteiger partial charge in [-0.2, -0.15) is 0 Å². The first-order chi connectivity index (χ1) is 13.1. The lowest BCUT2D eigenvalue weighted by Gasteiger charge is -2.22. The van der Waals surface area contributed by atoms with Crippen LogP contribution in [-0.2, 0) is 6.54 Å². The van der Waals surface area contributed by atoms with Crippen LogP contribution in [0, 0.1) is 6.92 Å². The minimum Gasteiger partial charge on any atom is -0.507 e. The maximum atomic E-state index is 12.8. The molecular formula is C23H27NO3. The summed E-state index contributed by atoms with van der Waals surface area (Å²) in [4.78, 5) is 15.1. The molecule has 4 heteroatoms. The number of nitrogens with zero attached hydrogens (tertiary/aromatic N) is 1. The molecule has 2 aromatic carbocycles. The number of phenolic OH excluding ortho intramolecular Hbond substituents is 1. The number of aryl methyl sites for hydroxylation is 1. The minimum atomic E-state index is -0.365. The number of phenols is 1. The molecule has 0 aliphatic carbocycles. The highest BCUT2D eigenvalue weighted by atomic mass is 16.4. The summed E-state index contributed by atoms with van der Waals surface area (Å²) >= 11 is 0. The van der Waals surface area contributed by atoms with Crippen molar-refractivity contribution in [3.05, 3.63) is 64.0 Å². The summed E-state index contributed by atoms with van der Waals surface area (Å²) in [5.74, 6) is 0.176. The molecule has 1 heterocycles. The average molecular weight is 365 g/mol. The third-order valence-electron chi connectivity index (χ3n) is 4.94. The Labute approximate surface area is 160 Å². The van der Waals surface area contributed by atoms with Crippen LogP contribution in [0.25, 0.3) is 22.1 Å². The summed E-state index contributed by atoms with van der Waals surface area (Å²) in [6.45, 7) is 8.67. The van der Waals surface area contributed by atoms with Crippen molar-refractivity contribution in [3.63, 3.8) is 0 Å². The number of benzene rings is 2. The first-order valence-electron chi connectivity index (χ1n) is 9.62. The molecule has 27 heavy (non-hydrogen) atoms. The molecule has 0 aliphatic heterocycles. The molecule has 1 N–H and O–H groups in total. The maximum Gasteiger partial charge on any atom is 0.344 e. The molecule has 1 aromatic heterocycles. The van der Waals surface area contributed by atoms with Crippen LogP contribution in [0.15, 0.2) is 51.7 Å². The fourth-order valence-electron chi connectivity index (χ4n) is 3.68. The van der Waals surface area contributed by atoms with Crippen molar-refractivity contribution in [1.29, 1.82) is 0 Å². The lowest BCUT2D eigenvalue weighted by atomic mass is 9.98. The van der Waals surface area contributed by atoms with Crippen molar-refractivity contribution in [1.82, 2.24) is 4.90 Å². The topological polar surface area (TPSA) is 53.7 Å². The molecule has 0 saturated carbocycles. The Bertz CT molecular complexity index is 970. The molecule has 0 saturated heterocycles. The van der Waals surface area contributed by atoms with Gasteiger partial charge in [0.15, 0.2) is 0 Å². The predicted octanol–water partition coefficient (Wildman–Crippen LogP) is 5.10. The van der Waals surface area contributed by atoms with Gasteiger partial charge in [0.1, 0.15) is 11.3 Å². The van der Waals surface area contributed by atoms with E-state index in [2.05, 4.69) is 18.7 Å². The number of rotatable bonds is 7. The quantitative estimate of drug-likeness (QED) is 0.592. The first-order valence-corrected chi connectivity index (χ1v) is 9.62. The SMILES string of the molecule is CCCN(CCC)Cc1c(O)ccc2c(C)c(-c3ccccc3)c(=O)oc12. The number of hydrogen-bond donors (Lipinski definition) is 1. The molecule has 0 aliphatic rings. The van der Waals surface area contributed by atoms with Crippen molar-refractivity contribution in [2.75, 3.05) is 13.1 Å². The second-order valence-electron chi connectivity index (χ2n) is 6.97. The Morgan fingerprint density at radius 2 is 1.67 bits per heavy atom. The van der Waals surface area contributed by atoms with E-state index in [-0.39, 0.29) is 11.4 Å². The summed E-state index contributed by atoms with van der Waals surface area (Å²) in [5, 5.41) is 11.3. The Kier molecular flexibility index (Phi) is 5.97. The molecule has 0 atom stereocenters. The van der Waals surface area contributed by atoms with E-state index in [0.717, 1.165) is 42.4 Å². The van der Waals surface area contributed by atoms with Crippen LogP contribution >= 0.6 is 0 Å². The first kappa shape index (κ1) is 19.2. The van der Waals surface area contributed by atoms with Gasteiger partial charge in [-0.05, 0) is 56.1 Å². The van der Waals surface area contributed by atoms with Gasteiger partial charge in [-0.3, -0.25) is 4.90 Å². The minimum absolute atomic E-state index is 0.176. The van der Waals surface area contributed by atoms with Gasteiger partial charge in [-0.15, -0.1) is 0 Å². The highest BCUT2D eigenvalue weighted by molar-refractivity contribution is 5.89. The summed E-state index contributed by atoms with van der Waals surface area (Å²) in [6, 6.07) is 13.1. The van der Waals surface area contributed by atoms with Crippen molar-refractivity contribution in [2.24, 2.45) is 0 Å². The molecule has 3 rings (SSSR count). The van der Waals surface area contributed by atoms with E-state index in [9.17, 15) is 9.90 Å². The van der Waals surface area contributed by atoms with E-state index < -0.39 is 0 Å². The lowest BCUT2D eigenvalue weighted by molar-refractivity contribution is 0.262. The molecule has 3 aromatic rings. The molecule has 0 amide bonds. The van der Waals surface area contributed by atoms with Gasteiger partial charge < -0.3 is 9.52 Å². The molecule has 0 spiro atoms. The Morgan fingerprint density at radius 1 is 1.00 bits per heavy atom. The molecular weight excluding hydrogens is 338 g/mol. The second kappa shape index (κ2) is 8.40. The number of fused-ring (bicyclic) bond motifs is 1. The van der Waals surface area contributed by atoms with Gasteiger partial charge >= 0.3 is 5.63 Å². The Hall–Kier alpha value is -2.59. The summed E-state index contributed by atoms with van der Waals surface area (Å²) in [5.41, 5.74) is 3.13. The zero-order valence-electron chi connectivity index (χ0n) is 16.3. The standard InChI is InChI=1S/C23H27NO3/c1-4-13-24(14-5-2)15-19-20(25)12-11-18-16(3)21(23(26)27-22(18)19)17-9-7-6-8-10-17/h6-12,25H,4-5,13-15H2,1-3H3. The molecule has 142 valence electrons. The zero-order valence-corrected chi connectivity index (χ0v) is 16.3. The monoisotopic (exact) mass is 365 g/mol. The van der Waals surface area contributed by atoms with Crippen molar-refractivity contribution in [3.8, 4) is 16.9 Å². The largest absolute Gasteiger partial charge is 0.507 e. The van der Waals surface area contributed by atoms with Crippen LogP contribution in [0.5, 0.6) is 5.75 Å². The van der Waals surface area contributed by atoms with Gasteiger partial charge in [0, 0.05) is 11.9 Å². The summed E-state index contributed by atoms with van der Waals surface area (Å²) in [7, 11) is 0. The van der Waals surface area contributed by atoms with Crippen LogP contribution < -0.4 is 5.63 Å². The van der Waals surface area contributed by atoms with E-state index in [1.807, 2.05) is 43.3 Å². The van der Waals surface area contributed by atoms with Crippen molar-refractivity contribution >= 4 is 11.0 Å². The van der Waals surface area contributed by atoms with Gasteiger partial charge in [-0.25, -0.2) is 4.79 Å². The summed E-state index contributed by atoms with van der Waals surface area (Å²) in [6.07, 6.45) is 2.07. The van der Waals surface area contributed by atoms with E-state index in [1.165, 1.54) is 0 Å². The smallest absolute Gasteiger partial charge is 0.344 e. The highest BCUT2D eigenvalue weighted by Crippen LogP contribution is 2.33. The highest BCUT2D eigenvalue weighted by Gasteiger charge is 2.19. The van der Waals surface area contributed by atoms with Crippen LogP contribution in [0.3, 0.4) is 0 Å². The second-order valence-corrected chi connectivity index (χ2v) is 6.97. The molecule has 0 fully saturated rings. The van der Waals surface area contributed by atoms with Crippen LogP contribution in [0.4, 0.5) is 0 Å². The van der Waals surface area contributed by atoms with Gasteiger partial charge in [0.05, 0.1) is 11.1 Å². The van der Waals surface area contributed by atoms with Crippen LogP contribution in [-0.4, -0.2) is 23.1 Å². The summed E-state index contributed by atoms with van der Waals surface area (Å²) < 4.78 is 5.75. The predicted molar refractivity (Wildman–Crippen MR) is 110 cm³/mol. The third-order valence-corrected chi connectivity index (χ3v) is 4.94. The fourth-order valence-corrected chi connectivity index (χ4v) is 3.68. The average Bonchev–Trinajstić information content (AvgIpc) is 2.65. The van der Waals surface area contributed by atoms with Crippen LogP contribution in [0.1, 0.15) is 37.8 Å². The van der Waals surface area contributed by atoms with Gasteiger partial charge in [0.25, 0.3) is 0 Å². The van der Waals surface area contributed by atoms with E-state index >= 15 is 0 Å². The molecule has 0 unspecified atom stereocenters. The van der Waals surface area contributed by atoms with Crippen molar-refractivity contribution < 1.29 is 9.52 Å². The number of hydrogen-bond acceptors (Lipinski definition) is 4. The van der Waals surface area contributed by atoms with E-state index in [1.54, 1.807) is 6.07 Å². The third kappa shape index (κ3) is 3.91. The fraction of sp³-hybridized carbons (Fsp3) is 0.348. The molecule has 0 radical (unpaired) electrons. The maximum absolute atomic E-state index is 12.8. The molecule has 4 nitrogen and oxygen atoms in total. The Morgan fingerprint density at radius 3 is 2.30 bits per heavy atom. The van der Waals surface area contributed by atoms with Crippen molar-refractivity contribution in [2.45, 2.75) is 40.2 Å².